The first kappa shape index (κ1) is 20.5. The molecule has 1 amide bonds. The number of amides is 1. The number of benzene rings is 2. The Morgan fingerprint density at radius 3 is 2.30 bits per heavy atom. The zero-order valence-electron chi connectivity index (χ0n) is 15.6. The summed E-state index contributed by atoms with van der Waals surface area (Å²) >= 11 is 0. The van der Waals surface area contributed by atoms with Gasteiger partial charge in [-0.1, -0.05) is 42.5 Å². The van der Waals surface area contributed by atoms with Crippen LogP contribution in [-0.2, 0) is 20.7 Å². The van der Waals surface area contributed by atoms with Gasteiger partial charge in [-0.3, -0.25) is 4.79 Å². The lowest BCUT2D eigenvalue weighted by molar-refractivity contribution is -0.149. The number of carbonyl (C=O) groups excluding carboxylic acids is 1. The molecule has 2 aromatic carbocycles. The summed E-state index contributed by atoms with van der Waals surface area (Å²) in [5.41, 5.74) is 1.81. The molecule has 2 atom stereocenters. The van der Waals surface area contributed by atoms with Gasteiger partial charge in [-0.05, 0) is 30.2 Å². The molecule has 0 saturated heterocycles. The third-order valence-electron chi connectivity index (χ3n) is 3.98. The van der Waals surface area contributed by atoms with Crippen molar-refractivity contribution >= 4 is 11.9 Å². The summed E-state index contributed by atoms with van der Waals surface area (Å²) in [6.45, 7) is 3.88. The predicted octanol–water partition coefficient (Wildman–Crippen LogP) is 2.98. The molecular formula is C21H25NO5. The van der Waals surface area contributed by atoms with Gasteiger partial charge in [0.05, 0.1) is 6.04 Å². The number of aliphatic carboxylic acids is 1. The van der Waals surface area contributed by atoms with Gasteiger partial charge in [0.25, 0.3) is 0 Å². The Morgan fingerprint density at radius 2 is 1.74 bits per heavy atom. The SMILES string of the molecule is CCO[C@@H](Cc1ccc(OC[C@@H](NC(C)=O)c2ccccc2)cc1)C(=O)O. The van der Waals surface area contributed by atoms with Crippen molar-refractivity contribution in [1.82, 2.24) is 5.32 Å². The van der Waals surface area contributed by atoms with Crippen LogP contribution in [0.3, 0.4) is 0 Å². The fraction of sp³-hybridized carbons (Fsp3) is 0.333. The predicted molar refractivity (Wildman–Crippen MR) is 102 cm³/mol. The summed E-state index contributed by atoms with van der Waals surface area (Å²) < 4.78 is 11.0. The second-order valence-electron chi connectivity index (χ2n) is 6.11. The molecule has 0 unspecified atom stereocenters. The van der Waals surface area contributed by atoms with E-state index in [0.717, 1.165) is 11.1 Å². The summed E-state index contributed by atoms with van der Waals surface area (Å²) in [4.78, 5) is 22.6. The lowest BCUT2D eigenvalue weighted by Crippen LogP contribution is -2.30. The number of carboxylic acid groups (broad SMARTS) is 1. The Balaban J connectivity index is 1.98. The fourth-order valence-electron chi connectivity index (χ4n) is 2.69. The molecule has 6 nitrogen and oxygen atoms in total. The Bertz CT molecular complexity index is 730. The molecule has 0 bridgehead atoms. The normalized spacial score (nSPS) is 12.8. The third kappa shape index (κ3) is 6.75. The van der Waals surface area contributed by atoms with Crippen LogP contribution < -0.4 is 10.1 Å². The molecule has 6 heteroatoms. The van der Waals surface area contributed by atoms with E-state index in [1.807, 2.05) is 42.5 Å². The molecule has 144 valence electrons. The minimum Gasteiger partial charge on any atom is -0.491 e. The number of carbonyl (C=O) groups is 2. The Kier molecular flexibility index (Phi) is 7.82. The van der Waals surface area contributed by atoms with Gasteiger partial charge in [-0.25, -0.2) is 4.79 Å². The minimum atomic E-state index is -0.974. The molecule has 0 aliphatic heterocycles. The number of ether oxygens (including phenoxy) is 2. The number of nitrogens with one attached hydrogen (secondary N) is 1. The van der Waals surface area contributed by atoms with E-state index in [-0.39, 0.29) is 11.9 Å². The van der Waals surface area contributed by atoms with Crippen LogP contribution in [0.5, 0.6) is 5.75 Å². The van der Waals surface area contributed by atoms with Gasteiger partial charge in [0.2, 0.25) is 5.91 Å². The van der Waals surface area contributed by atoms with Crippen molar-refractivity contribution in [3.05, 3.63) is 65.7 Å². The zero-order valence-corrected chi connectivity index (χ0v) is 15.6. The lowest BCUT2D eigenvalue weighted by Gasteiger charge is -2.19. The maximum Gasteiger partial charge on any atom is 0.333 e. The van der Waals surface area contributed by atoms with Crippen molar-refractivity contribution < 1.29 is 24.2 Å². The second-order valence-corrected chi connectivity index (χ2v) is 6.11. The Hall–Kier alpha value is -2.86. The highest BCUT2D eigenvalue weighted by atomic mass is 16.5. The summed E-state index contributed by atoms with van der Waals surface area (Å²) in [6.07, 6.45) is -0.564. The molecule has 0 aliphatic carbocycles. The maximum atomic E-state index is 11.5. The average molecular weight is 371 g/mol. The van der Waals surface area contributed by atoms with E-state index in [4.69, 9.17) is 14.6 Å². The van der Waals surface area contributed by atoms with E-state index in [9.17, 15) is 9.59 Å². The van der Waals surface area contributed by atoms with Crippen LogP contribution in [-0.4, -0.2) is 36.3 Å². The number of rotatable bonds is 10. The van der Waals surface area contributed by atoms with E-state index in [0.29, 0.717) is 25.4 Å². The monoisotopic (exact) mass is 371 g/mol. The smallest absolute Gasteiger partial charge is 0.333 e. The number of hydrogen-bond donors (Lipinski definition) is 2. The molecule has 0 radical (unpaired) electrons. The van der Waals surface area contributed by atoms with Crippen molar-refractivity contribution in [2.75, 3.05) is 13.2 Å². The molecule has 0 heterocycles. The van der Waals surface area contributed by atoms with Gasteiger partial charge < -0.3 is 19.9 Å². The largest absolute Gasteiger partial charge is 0.491 e. The molecule has 0 aliphatic rings. The highest BCUT2D eigenvalue weighted by Gasteiger charge is 2.18. The van der Waals surface area contributed by atoms with Crippen molar-refractivity contribution in [3.8, 4) is 5.75 Å². The van der Waals surface area contributed by atoms with Crippen molar-refractivity contribution in [3.63, 3.8) is 0 Å². The topological polar surface area (TPSA) is 84.9 Å². The van der Waals surface area contributed by atoms with Crippen LogP contribution in [0.25, 0.3) is 0 Å². The molecule has 2 N–H and O–H groups in total. The van der Waals surface area contributed by atoms with E-state index in [2.05, 4.69) is 5.32 Å². The second kappa shape index (κ2) is 10.3. The van der Waals surface area contributed by atoms with E-state index in [1.54, 1.807) is 19.1 Å². The van der Waals surface area contributed by atoms with Crippen LogP contribution in [0.2, 0.25) is 0 Å². The lowest BCUT2D eigenvalue weighted by atomic mass is 10.1. The first-order valence-electron chi connectivity index (χ1n) is 8.87. The van der Waals surface area contributed by atoms with Gasteiger partial charge >= 0.3 is 5.97 Å². The van der Waals surface area contributed by atoms with Gasteiger partial charge in [-0.15, -0.1) is 0 Å². The van der Waals surface area contributed by atoms with Crippen LogP contribution in [0.4, 0.5) is 0 Å². The number of hydrogen-bond acceptors (Lipinski definition) is 4. The quantitative estimate of drug-likeness (QED) is 0.671. The molecule has 27 heavy (non-hydrogen) atoms. The van der Waals surface area contributed by atoms with Crippen molar-refractivity contribution in [2.45, 2.75) is 32.4 Å². The standard InChI is InChI=1S/C21H25NO5/c1-3-26-20(21(24)25)13-16-9-11-18(12-10-16)27-14-19(22-15(2)23)17-7-5-4-6-8-17/h4-12,19-20H,3,13-14H2,1-2H3,(H,22,23)(H,24,25)/t19-,20+/m1/s1. The first-order valence-corrected chi connectivity index (χ1v) is 8.87. The molecule has 2 aromatic rings. The summed E-state index contributed by atoms with van der Waals surface area (Å²) in [5.74, 6) is -0.454. The van der Waals surface area contributed by atoms with Crippen LogP contribution >= 0.6 is 0 Å². The molecule has 0 spiro atoms. The molecule has 0 fully saturated rings. The Morgan fingerprint density at radius 1 is 1.07 bits per heavy atom. The average Bonchev–Trinajstić information content (AvgIpc) is 2.66. The molecule has 0 aromatic heterocycles. The van der Waals surface area contributed by atoms with Crippen LogP contribution in [0.15, 0.2) is 54.6 Å². The molecule has 2 rings (SSSR count). The summed E-state index contributed by atoms with van der Waals surface area (Å²) in [6, 6.07) is 16.6. The Labute approximate surface area is 159 Å². The van der Waals surface area contributed by atoms with Crippen LogP contribution in [0, 0.1) is 0 Å². The highest BCUT2D eigenvalue weighted by Crippen LogP contribution is 2.18. The minimum absolute atomic E-state index is 0.126. The van der Waals surface area contributed by atoms with E-state index < -0.39 is 12.1 Å². The van der Waals surface area contributed by atoms with Gasteiger partial charge in [-0.2, -0.15) is 0 Å². The fourth-order valence-corrected chi connectivity index (χ4v) is 2.69. The zero-order chi connectivity index (χ0) is 19.6. The molecular weight excluding hydrogens is 346 g/mol. The van der Waals surface area contributed by atoms with Crippen LogP contribution in [0.1, 0.15) is 31.0 Å². The number of carboxylic acids is 1. The van der Waals surface area contributed by atoms with E-state index >= 15 is 0 Å². The van der Waals surface area contributed by atoms with Crippen molar-refractivity contribution in [1.29, 1.82) is 0 Å². The summed E-state index contributed by atoms with van der Waals surface area (Å²) in [5, 5.41) is 12.0. The molecule has 0 saturated carbocycles. The van der Waals surface area contributed by atoms with Crippen molar-refractivity contribution in [2.24, 2.45) is 0 Å². The van der Waals surface area contributed by atoms with Gasteiger partial charge in [0.1, 0.15) is 12.4 Å². The maximum absolute atomic E-state index is 11.5. The first-order chi connectivity index (χ1) is 13.0. The highest BCUT2D eigenvalue weighted by molar-refractivity contribution is 5.73. The van der Waals surface area contributed by atoms with E-state index in [1.165, 1.54) is 6.92 Å². The van der Waals surface area contributed by atoms with Gasteiger partial charge in [0.15, 0.2) is 6.10 Å². The third-order valence-corrected chi connectivity index (χ3v) is 3.98. The van der Waals surface area contributed by atoms with Gasteiger partial charge in [0, 0.05) is 20.0 Å². The summed E-state index contributed by atoms with van der Waals surface area (Å²) in [7, 11) is 0.